The third-order valence-corrected chi connectivity index (χ3v) is 1.14. The van der Waals surface area contributed by atoms with Crippen LogP contribution in [0.15, 0.2) is 12.4 Å². The van der Waals surface area contributed by atoms with Crippen molar-refractivity contribution in [1.82, 2.24) is 10.2 Å². The molecule has 0 aliphatic carbocycles. The Balaban J connectivity index is 3.01. The van der Waals surface area contributed by atoms with Crippen molar-refractivity contribution in [2.75, 3.05) is 0 Å². The number of aromatic nitrogens is 2. The van der Waals surface area contributed by atoms with Gasteiger partial charge in [0.05, 0.1) is 12.4 Å². The molecule has 0 atom stereocenters. The van der Waals surface area contributed by atoms with Gasteiger partial charge in [-0.15, -0.1) is 0 Å². The third kappa shape index (κ3) is 1.22. The quantitative estimate of drug-likeness (QED) is 0.564. The lowest BCUT2D eigenvalue weighted by atomic mass is 10.2. The molecule has 1 rings (SSSR count). The van der Waals surface area contributed by atoms with Gasteiger partial charge >= 0.3 is 0 Å². The molecule has 0 saturated carbocycles. The summed E-state index contributed by atoms with van der Waals surface area (Å²) < 4.78 is 12.5. The maximum Gasteiger partial charge on any atom is 0.148 e. The van der Waals surface area contributed by atoms with E-state index in [9.17, 15) is 4.39 Å². The summed E-state index contributed by atoms with van der Waals surface area (Å²) in [5.41, 5.74) is 0.616. The van der Waals surface area contributed by atoms with Crippen molar-refractivity contribution in [3.8, 4) is 0 Å². The fourth-order valence-electron chi connectivity index (χ4n) is 0.592. The van der Waals surface area contributed by atoms with E-state index in [1.807, 2.05) is 6.92 Å². The van der Waals surface area contributed by atoms with Crippen LogP contribution >= 0.6 is 0 Å². The molecule has 0 aliphatic rings. The van der Waals surface area contributed by atoms with Crippen LogP contribution < -0.4 is 0 Å². The first-order valence-electron chi connectivity index (χ1n) is 2.79. The van der Waals surface area contributed by atoms with Gasteiger partial charge < -0.3 is 0 Å². The Hall–Kier alpha value is -0.990. The first-order chi connectivity index (χ1) is 4.34. The zero-order chi connectivity index (χ0) is 6.69. The van der Waals surface area contributed by atoms with E-state index in [0.717, 1.165) is 6.20 Å². The van der Waals surface area contributed by atoms with E-state index in [4.69, 9.17) is 0 Å². The summed E-state index contributed by atoms with van der Waals surface area (Å²) in [5, 5.41) is 6.89. The van der Waals surface area contributed by atoms with E-state index >= 15 is 0 Å². The number of hydrogen-bond donors (Lipinski definition) is 0. The monoisotopic (exact) mass is 126 g/mol. The second-order valence-corrected chi connectivity index (χ2v) is 1.72. The number of hydrogen-bond acceptors (Lipinski definition) is 2. The van der Waals surface area contributed by atoms with E-state index < -0.39 is 0 Å². The standard InChI is InChI=1S/C6H7FN2/c1-2-5-3-8-9-4-6(5)7/h3-4H,2H2,1H3. The van der Waals surface area contributed by atoms with Crippen LogP contribution in [0.1, 0.15) is 12.5 Å². The predicted octanol–water partition coefficient (Wildman–Crippen LogP) is 1.18. The number of rotatable bonds is 1. The van der Waals surface area contributed by atoms with Gasteiger partial charge in [-0.25, -0.2) is 4.39 Å². The maximum atomic E-state index is 12.5. The van der Waals surface area contributed by atoms with Crippen LogP contribution in [0, 0.1) is 5.82 Å². The average molecular weight is 126 g/mol. The van der Waals surface area contributed by atoms with Crippen molar-refractivity contribution in [3.63, 3.8) is 0 Å². The Morgan fingerprint density at radius 3 is 2.56 bits per heavy atom. The molecule has 9 heavy (non-hydrogen) atoms. The molecule has 0 spiro atoms. The molecule has 48 valence electrons. The van der Waals surface area contributed by atoms with E-state index in [0.29, 0.717) is 12.0 Å². The largest absolute Gasteiger partial charge is 0.205 e. The molecule has 0 N–H and O–H groups in total. The van der Waals surface area contributed by atoms with Gasteiger partial charge in [0.15, 0.2) is 0 Å². The molecular formula is C6H7FN2. The number of aryl methyl sites for hydroxylation is 1. The number of nitrogens with zero attached hydrogens (tertiary/aromatic N) is 2. The molecule has 3 heteroatoms. The van der Waals surface area contributed by atoms with Crippen molar-refractivity contribution in [3.05, 3.63) is 23.8 Å². The van der Waals surface area contributed by atoms with Gasteiger partial charge in [-0.1, -0.05) is 6.92 Å². The summed E-state index contributed by atoms with van der Waals surface area (Å²) >= 11 is 0. The molecule has 0 saturated heterocycles. The zero-order valence-corrected chi connectivity index (χ0v) is 5.13. The van der Waals surface area contributed by atoms with Crippen LogP contribution in [0.25, 0.3) is 0 Å². The second-order valence-electron chi connectivity index (χ2n) is 1.72. The normalized spacial score (nSPS) is 9.56. The number of halogens is 1. The topological polar surface area (TPSA) is 25.8 Å². The molecule has 1 aromatic heterocycles. The maximum absolute atomic E-state index is 12.5. The van der Waals surface area contributed by atoms with Crippen LogP contribution in [0.3, 0.4) is 0 Å². The molecule has 0 aromatic carbocycles. The SMILES string of the molecule is CCc1cnncc1F. The lowest BCUT2D eigenvalue weighted by Gasteiger charge is -1.92. The molecule has 0 amide bonds. The van der Waals surface area contributed by atoms with Crippen molar-refractivity contribution < 1.29 is 4.39 Å². The Bertz CT molecular complexity index is 200. The first kappa shape index (κ1) is 6.13. The minimum absolute atomic E-state index is 0.271. The average Bonchev–Trinajstić information content (AvgIpc) is 1.89. The minimum atomic E-state index is -0.271. The highest BCUT2D eigenvalue weighted by Gasteiger charge is 1.96. The van der Waals surface area contributed by atoms with Crippen molar-refractivity contribution in [1.29, 1.82) is 0 Å². The molecule has 0 radical (unpaired) electrons. The van der Waals surface area contributed by atoms with Crippen molar-refractivity contribution in [2.24, 2.45) is 0 Å². The zero-order valence-electron chi connectivity index (χ0n) is 5.13. The minimum Gasteiger partial charge on any atom is -0.205 e. The summed E-state index contributed by atoms with van der Waals surface area (Å²) in [6.07, 6.45) is 3.23. The molecule has 0 unspecified atom stereocenters. The van der Waals surface area contributed by atoms with E-state index in [1.165, 1.54) is 6.20 Å². The van der Waals surface area contributed by atoms with Crippen molar-refractivity contribution >= 4 is 0 Å². The highest BCUT2D eigenvalue weighted by Crippen LogP contribution is 2.01. The second kappa shape index (κ2) is 2.53. The Kier molecular flexibility index (Phi) is 1.72. The van der Waals surface area contributed by atoms with Crippen LogP contribution in [-0.4, -0.2) is 10.2 Å². The molecule has 1 heterocycles. The van der Waals surface area contributed by atoms with Crippen LogP contribution in [0.2, 0.25) is 0 Å². The van der Waals surface area contributed by atoms with Gasteiger partial charge in [-0.3, -0.25) is 0 Å². The molecule has 0 aliphatic heterocycles. The summed E-state index contributed by atoms with van der Waals surface area (Å²) in [6.45, 7) is 1.88. The van der Waals surface area contributed by atoms with Gasteiger partial charge in [-0.2, -0.15) is 10.2 Å². The van der Waals surface area contributed by atoms with Crippen LogP contribution in [0.4, 0.5) is 4.39 Å². The Labute approximate surface area is 52.7 Å². The van der Waals surface area contributed by atoms with Gasteiger partial charge in [0, 0.05) is 5.56 Å². The van der Waals surface area contributed by atoms with E-state index in [1.54, 1.807) is 0 Å². The Morgan fingerprint density at radius 1 is 1.44 bits per heavy atom. The van der Waals surface area contributed by atoms with Gasteiger partial charge in [0.1, 0.15) is 5.82 Å². The van der Waals surface area contributed by atoms with E-state index in [-0.39, 0.29) is 5.82 Å². The molecule has 1 aromatic rings. The van der Waals surface area contributed by atoms with Gasteiger partial charge in [0.2, 0.25) is 0 Å². The summed E-state index contributed by atoms with van der Waals surface area (Å²) in [4.78, 5) is 0. The first-order valence-corrected chi connectivity index (χ1v) is 2.79. The summed E-state index contributed by atoms with van der Waals surface area (Å²) in [7, 11) is 0. The highest BCUT2D eigenvalue weighted by atomic mass is 19.1. The van der Waals surface area contributed by atoms with Gasteiger partial charge in [0.25, 0.3) is 0 Å². The van der Waals surface area contributed by atoms with Crippen molar-refractivity contribution in [2.45, 2.75) is 13.3 Å². The summed E-state index contributed by atoms with van der Waals surface area (Å²) in [6, 6.07) is 0. The molecule has 0 fully saturated rings. The lowest BCUT2D eigenvalue weighted by Crippen LogP contribution is -1.90. The van der Waals surface area contributed by atoms with Crippen LogP contribution in [0.5, 0.6) is 0 Å². The molecular weight excluding hydrogens is 119 g/mol. The smallest absolute Gasteiger partial charge is 0.148 e. The highest BCUT2D eigenvalue weighted by molar-refractivity contribution is 5.07. The van der Waals surface area contributed by atoms with Crippen LogP contribution in [-0.2, 0) is 6.42 Å². The molecule has 2 nitrogen and oxygen atoms in total. The summed E-state index contributed by atoms with van der Waals surface area (Å²) in [5.74, 6) is -0.271. The fraction of sp³-hybridized carbons (Fsp3) is 0.333. The van der Waals surface area contributed by atoms with Gasteiger partial charge in [-0.05, 0) is 6.42 Å². The fourth-order valence-corrected chi connectivity index (χ4v) is 0.592. The van der Waals surface area contributed by atoms with E-state index in [2.05, 4.69) is 10.2 Å². The molecule has 0 bridgehead atoms. The third-order valence-electron chi connectivity index (χ3n) is 1.14. The lowest BCUT2D eigenvalue weighted by molar-refractivity contribution is 0.598. The Morgan fingerprint density at radius 2 is 2.11 bits per heavy atom. The predicted molar refractivity (Wildman–Crippen MR) is 31.4 cm³/mol.